The summed E-state index contributed by atoms with van der Waals surface area (Å²) in [5.74, 6) is 0.230. The van der Waals surface area contributed by atoms with Crippen LogP contribution in [0, 0.1) is 0 Å². The number of carbonyl (C=O) groups excluding carboxylic acids is 3. The van der Waals surface area contributed by atoms with Crippen LogP contribution in [0.2, 0.25) is 0 Å². The number of urea groups is 1. The molecule has 10 heteroatoms. The minimum atomic E-state index is -0.769. The zero-order valence-corrected chi connectivity index (χ0v) is 17.8. The zero-order valence-electron chi connectivity index (χ0n) is 17.8. The van der Waals surface area contributed by atoms with E-state index in [0.717, 1.165) is 19.4 Å². The highest BCUT2D eigenvalue weighted by Gasteiger charge is 2.17. The predicted octanol–water partition coefficient (Wildman–Crippen LogP) is 2.52. The van der Waals surface area contributed by atoms with Crippen molar-refractivity contribution in [2.45, 2.75) is 18.9 Å². The van der Waals surface area contributed by atoms with Gasteiger partial charge in [0.25, 0.3) is 5.91 Å². The van der Waals surface area contributed by atoms with Crippen molar-refractivity contribution in [2.75, 3.05) is 38.4 Å². The number of rotatable bonds is 7. The van der Waals surface area contributed by atoms with E-state index in [-0.39, 0.29) is 11.7 Å². The van der Waals surface area contributed by atoms with Crippen molar-refractivity contribution in [1.82, 2.24) is 5.32 Å². The van der Waals surface area contributed by atoms with E-state index in [4.69, 9.17) is 23.7 Å². The zero-order chi connectivity index (χ0) is 23.0. The molecule has 0 bridgehead atoms. The molecule has 2 heterocycles. The van der Waals surface area contributed by atoms with Crippen LogP contribution in [-0.2, 0) is 14.3 Å². The van der Waals surface area contributed by atoms with Crippen LogP contribution in [0.3, 0.4) is 0 Å². The van der Waals surface area contributed by atoms with Crippen LogP contribution in [0.5, 0.6) is 17.2 Å². The molecule has 1 atom stereocenters. The van der Waals surface area contributed by atoms with Gasteiger partial charge in [-0.1, -0.05) is 0 Å². The van der Waals surface area contributed by atoms with Crippen molar-refractivity contribution in [3.63, 3.8) is 0 Å². The molecule has 2 aromatic carbocycles. The summed E-state index contributed by atoms with van der Waals surface area (Å²) < 4.78 is 27.0. The Morgan fingerprint density at radius 2 is 1.76 bits per heavy atom. The lowest BCUT2D eigenvalue weighted by Crippen LogP contribution is -2.37. The molecule has 0 radical (unpaired) electrons. The van der Waals surface area contributed by atoms with Crippen LogP contribution < -0.4 is 24.8 Å². The third-order valence-corrected chi connectivity index (χ3v) is 4.94. The smallest absolute Gasteiger partial charge is 0.338 e. The minimum Gasteiger partial charge on any atom is -0.491 e. The summed E-state index contributed by atoms with van der Waals surface area (Å²) in [6.07, 6.45) is 2.10. The van der Waals surface area contributed by atoms with Gasteiger partial charge >= 0.3 is 12.0 Å². The average Bonchev–Trinajstić information content (AvgIpc) is 3.35. The van der Waals surface area contributed by atoms with Gasteiger partial charge < -0.3 is 29.0 Å². The Labute approximate surface area is 190 Å². The number of nitrogens with one attached hydrogen (secondary N) is 2. The lowest BCUT2D eigenvalue weighted by atomic mass is 10.2. The van der Waals surface area contributed by atoms with E-state index in [1.165, 1.54) is 0 Å². The maximum Gasteiger partial charge on any atom is 0.338 e. The SMILES string of the molecule is O=C(COC(=O)c1ccc(OC[C@H]2CCCO2)cc1)NC(=O)Nc1ccc2c(c1)OCCO2. The van der Waals surface area contributed by atoms with Crippen molar-refractivity contribution in [3.05, 3.63) is 48.0 Å². The summed E-state index contributed by atoms with van der Waals surface area (Å²) in [6, 6.07) is 10.5. The van der Waals surface area contributed by atoms with E-state index in [9.17, 15) is 14.4 Å². The molecular formula is C23H24N2O8. The highest BCUT2D eigenvalue weighted by atomic mass is 16.6. The molecule has 2 aliphatic heterocycles. The summed E-state index contributed by atoms with van der Waals surface area (Å²) in [5, 5.41) is 4.61. The van der Waals surface area contributed by atoms with Gasteiger partial charge in [-0.25, -0.2) is 9.59 Å². The topological polar surface area (TPSA) is 121 Å². The maximum atomic E-state index is 12.2. The molecule has 0 aromatic heterocycles. The quantitative estimate of drug-likeness (QED) is 0.610. The Bertz CT molecular complexity index is 1000. The molecule has 2 aromatic rings. The Kier molecular flexibility index (Phi) is 7.26. The molecule has 0 spiro atoms. The van der Waals surface area contributed by atoms with Gasteiger partial charge in [0.05, 0.1) is 11.7 Å². The Balaban J connectivity index is 1.18. The van der Waals surface area contributed by atoms with Crippen molar-refractivity contribution in [1.29, 1.82) is 0 Å². The molecule has 2 N–H and O–H groups in total. The first-order chi connectivity index (χ1) is 16.1. The molecule has 0 unspecified atom stereocenters. The van der Waals surface area contributed by atoms with Crippen LogP contribution in [0.1, 0.15) is 23.2 Å². The van der Waals surface area contributed by atoms with E-state index in [1.807, 2.05) is 0 Å². The number of imide groups is 1. The molecule has 1 fully saturated rings. The van der Waals surface area contributed by atoms with E-state index < -0.39 is 24.5 Å². The van der Waals surface area contributed by atoms with Gasteiger partial charge in [0.2, 0.25) is 0 Å². The third-order valence-electron chi connectivity index (χ3n) is 4.94. The Morgan fingerprint density at radius 1 is 0.970 bits per heavy atom. The van der Waals surface area contributed by atoms with Gasteiger partial charge in [-0.15, -0.1) is 0 Å². The number of hydrogen-bond donors (Lipinski definition) is 2. The van der Waals surface area contributed by atoms with E-state index in [0.29, 0.717) is 42.8 Å². The van der Waals surface area contributed by atoms with Crippen molar-refractivity contribution < 1.29 is 38.1 Å². The molecule has 4 rings (SSSR count). The minimum absolute atomic E-state index is 0.0972. The van der Waals surface area contributed by atoms with Crippen LogP contribution in [0.4, 0.5) is 10.5 Å². The summed E-state index contributed by atoms with van der Waals surface area (Å²) in [6.45, 7) is 1.48. The maximum absolute atomic E-state index is 12.2. The predicted molar refractivity (Wildman–Crippen MR) is 116 cm³/mol. The highest BCUT2D eigenvalue weighted by Crippen LogP contribution is 2.32. The van der Waals surface area contributed by atoms with Gasteiger partial charge in [-0.2, -0.15) is 0 Å². The standard InChI is InChI=1S/C23H24N2O8/c26-21(25-23(28)24-16-5-8-19-20(12-16)31-11-10-30-19)14-33-22(27)15-3-6-17(7-4-15)32-13-18-2-1-9-29-18/h3-8,12,18H,1-2,9-11,13-14H2,(H2,24,25,26,28)/t18-/m1/s1. The van der Waals surface area contributed by atoms with Crippen LogP contribution in [0.25, 0.3) is 0 Å². The fourth-order valence-corrected chi connectivity index (χ4v) is 3.31. The fourth-order valence-electron chi connectivity index (χ4n) is 3.31. The highest BCUT2D eigenvalue weighted by molar-refractivity contribution is 6.02. The lowest BCUT2D eigenvalue weighted by Gasteiger charge is -2.19. The summed E-state index contributed by atoms with van der Waals surface area (Å²) >= 11 is 0. The van der Waals surface area contributed by atoms with Gasteiger partial charge in [0.15, 0.2) is 18.1 Å². The van der Waals surface area contributed by atoms with E-state index >= 15 is 0 Å². The summed E-state index contributed by atoms with van der Waals surface area (Å²) in [7, 11) is 0. The van der Waals surface area contributed by atoms with Gasteiger partial charge in [0, 0.05) is 18.4 Å². The molecule has 1 saturated heterocycles. The van der Waals surface area contributed by atoms with Crippen molar-refractivity contribution in [3.8, 4) is 17.2 Å². The number of esters is 1. The van der Waals surface area contributed by atoms with E-state index in [1.54, 1.807) is 42.5 Å². The molecule has 33 heavy (non-hydrogen) atoms. The van der Waals surface area contributed by atoms with Crippen molar-refractivity contribution >= 4 is 23.6 Å². The average molecular weight is 456 g/mol. The molecule has 0 saturated carbocycles. The molecule has 10 nitrogen and oxygen atoms in total. The fraction of sp³-hybridized carbons (Fsp3) is 0.348. The molecular weight excluding hydrogens is 432 g/mol. The third kappa shape index (κ3) is 6.36. The molecule has 3 amide bonds. The number of hydrogen-bond acceptors (Lipinski definition) is 8. The van der Waals surface area contributed by atoms with Crippen LogP contribution >= 0.6 is 0 Å². The first-order valence-corrected chi connectivity index (χ1v) is 10.6. The summed E-state index contributed by atoms with van der Waals surface area (Å²) in [4.78, 5) is 36.1. The van der Waals surface area contributed by atoms with Gasteiger partial charge in [-0.05, 0) is 49.2 Å². The Morgan fingerprint density at radius 3 is 2.52 bits per heavy atom. The molecule has 174 valence electrons. The largest absolute Gasteiger partial charge is 0.491 e. The lowest BCUT2D eigenvalue weighted by molar-refractivity contribution is -0.123. The Hall–Kier alpha value is -3.79. The number of fused-ring (bicyclic) bond motifs is 1. The number of anilines is 1. The molecule has 0 aliphatic carbocycles. The number of benzene rings is 2. The van der Waals surface area contributed by atoms with E-state index in [2.05, 4.69) is 10.6 Å². The summed E-state index contributed by atoms with van der Waals surface area (Å²) in [5.41, 5.74) is 0.677. The molecule has 2 aliphatic rings. The van der Waals surface area contributed by atoms with Crippen molar-refractivity contribution in [2.24, 2.45) is 0 Å². The first kappa shape index (κ1) is 22.4. The second-order valence-electron chi connectivity index (χ2n) is 7.41. The number of ether oxygens (including phenoxy) is 5. The van der Waals surface area contributed by atoms with Gasteiger partial charge in [-0.3, -0.25) is 10.1 Å². The second-order valence-corrected chi connectivity index (χ2v) is 7.41. The monoisotopic (exact) mass is 456 g/mol. The van der Waals surface area contributed by atoms with Gasteiger partial charge in [0.1, 0.15) is 25.6 Å². The van der Waals surface area contributed by atoms with Crippen LogP contribution in [0.15, 0.2) is 42.5 Å². The second kappa shape index (κ2) is 10.7. The normalized spacial score (nSPS) is 16.5. The first-order valence-electron chi connectivity index (χ1n) is 10.6. The van der Waals surface area contributed by atoms with Crippen LogP contribution in [-0.4, -0.2) is 57.0 Å². The number of carbonyl (C=O) groups is 3. The number of amides is 3.